The van der Waals surface area contributed by atoms with Gasteiger partial charge in [-0.3, -0.25) is 9.78 Å². The van der Waals surface area contributed by atoms with Crippen molar-refractivity contribution in [1.82, 2.24) is 4.98 Å². The lowest BCUT2D eigenvalue weighted by atomic mass is 9.98. The summed E-state index contributed by atoms with van der Waals surface area (Å²) < 4.78 is 5.37. The third kappa shape index (κ3) is 4.15. The molecule has 4 nitrogen and oxygen atoms in total. The molecule has 0 aliphatic rings. The molecule has 3 rings (SSSR count). The molecular weight excluding hydrogens is 312 g/mol. The Morgan fingerprint density at radius 2 is 1.92 bits per heavy atom. The van der Waals surface area contributed by atoms with Crippen LogP contribution in [-0.2, 0) is 11.2 Å². The van der Waals surface area contributed by atoms with E-state index in [4.69, 9.17) is 4.74 Å². The molecule has 0 bridgehead atoms. The molecule has 0 spiro atoms. The summed E-state index contributed by atoms with van der Waals surface area (Å²) in [6.45, 7) is 2.09. The molecule has 1 amide bonds. The number of benzene rings is 2. The zero-order chi connectivity index (χ0) is 17.6. The Kier molecular flexibility index (Phi) is 5.29. The van der Waals surface area contributed by atoms with Gasteiger partial charge in [0.05, 0.1) is 18.3 Å². The van der Waals surface area contributed by atoms with Crippen LogP contribution in [0.4, 0.5) is 5.69 Å². The quantitative estimate of drug-likeness (QED) is 0.724. The van der Waals surface area contributed by atoms with Gasteiger partial charge in [0.1, 0.15) is 5.75 Å². The second-order valence-electron chi connectivity index (χ2n) is 6.26. The van der Waals surface area contributed by atoms with Crippen molar-refractivity contribution >= 4 is 22.5 Å². The Morgan fingerprint density at radius 1 is 1.12 bits per heavy atom. The third-order valence-electron chi connectivity index (χ3n) is 4.18. The molecule has 0 fully saturated rings. The van der Waals surface area contributed by atoms with E-state index in [0.717, 1.165) is 23.1 Å². The zero-order valence-corrected chi connectivity index (χ0v) is 14.5. The van der Waals surface area contributed by atoms with Crippen LogP contribution < -0.4 is 10.1 Å². The average Bonchev–Trinajstić information content (AvgIpc) is 2.62. The maximum absolute atomic E-state index is 12.4. The normalized spacial score (nSPS) is 11.9. The minimum Gasteiger partial charge on any atom is -0.496 e. The number of rotatable bonds is 6. The van der Waals surface area contributed by atoms with Crippen molar-refractivity contribution in [3.8, 4) is 5.75 Å². The fourth-order valence-corrected chi connectivity index (χ4v) is 3.03. The molecule has 0 radical (unpaired) electrons. The van der Waals surface area contributed by atoms with Crippen molar-refractivity contribution in [1.29, 1.82) is 0 Å². The summed E-state index contributed by atoms with van der Waals surface area (Å²) in [5.41, 5.74) is 2.71. The molecule has 1 heterocycles. The lowest BCUT2D eigenvalue weighted by molar-refractivity contribution is -0.116. The lowest BCUT2D eigenvalue weighted by Crippen LogP contribution is -2.16. The van der Waals surface area contributed by atoms with E-state index in [1.807, 2.05) is 42.5 Å². The van der Waals surface area contributed by atoms with Gasteiger partial charge in [-0.15, -0.1) is 0 Å². The summed E-state index contributed by atoms with van der Waals surface area (Å²) in [5, 5.41) is 3.88. The Labute approximate surface area is 147 Å². The number of anilines is 1. The van der Waals surface area contributed by atoms with E-state index in [2.05, 4.69) is 29.4 Å². The van der Waals surface area contributed by atoms with E-state index in [-0.39, 0.29) is 11.8 Å². The molecule has 0 saturated carbocycles. The second kappa shape index (κ2) is 7.79. The summed E-state index contributed by atoms with van der Waals surface area (Å²) in [7, 11) is 1.63. The highest BCUT2D eigenvalue weighted by molar-refractivity contribution is 6.02. The summed E-state index contributed by atoms with van der Waals surface area (Å²) in [4.78, 5) is 16.8. The third-order valence-corrected chi connectivity index (χ3v) is 4.18. The van der Waals surface area contributed by atoms with Gasteiger partial charge in [-0.05, 0) is 42.2 Å². The van der Waals surface area contributed by atoms with Crippen LogP contribution in [0.2, 0.25) is 0 Å². The summed E-state index contributed by atoms with van der Waals surface area (Å²) in [5.74, 6) is 1.01. The lowest BCUT2D eigenvalue weighted by Gasteiger charge is -2.13. The number of nitrogens with one attached hydrogen (secondary N) is 1. The molecule has 0 unspecified atom stereocenters. The molecule has 0 saturated heterocycles. The van der Waals surface area contributed by atoms with Crippen molar-refractivity contribution in [2.24, 2.45) is 5.92 Å². The fourth-order valence-electron chi connectivity index (χ4n) is 3.03. The summed E-state index contributed by atoms with van der Waals surface area (Å²) >= 11 is 0. The molecule has 4 heteroatoms. The number of nitrogens with zero attached hydrogens (tertiary/aromatic N) is 1. The number of ether oxygens (including phenoxy) is 1. The van der Waals surface area contributed by atoms with Crippen molar-refractivity contribution < 1.29 is 9.53 Å². The number of aromatic nitrogens is 1. The van der Waals surface area contributed by atoms with E-state index in [0.29, 0.717) is 12.1 Å². The standard InChI is InChI=1S/C21H22N2O2/c1-15(13-16-7-4-3-5-8-16)14-20(24)23-18-10-11-19(25-2)17-9-6-12-22-21(17)18/h3-12,15H,13-14H2,1-2H3,(H,23,24)/t15-/m1/s1. The average molecular weight is 334 g/mol. The van der Waals surface area contributed by atoms with Crippen molar-refractivity contribution in [2.45, 2.75) is 19.8 Å². The van der Waals surface area contributed by atoms with Crippen LogP contribution in [0.25, 0.3) is 10.9 Å². The number of hydrogen-bond donors (Lipinski definition) is 1. The van der Waals surface area contributed by atoms with Crippen molar-refractivity contribution in [3.05, 3.63) is 66.4 Å². The topological polar surface area (TPSA) is 51.2 Å². The highest BCUT2D eigenvalue weighted by Gasteiger charge is 2.13. The molecule has 3 aromatic rings. The minimum atomic E-state index is 0.000510. The van der Waals surface area contributed by atoms with E-state index in [1.165, 1.54) is 5.56 Å². The highest BCUT2D eigenvalue weighted by Crippen LogP contribution is 2.30. The van der Waals surface area contributed by atoms with Crippen LogP contribution in [0.3, 0.4) is 0 Å². The number of carbonyl (C=O) groups is 1. The second-order valence-corrected chi connectivity index (χ2v) is 6.26. The predicted molar refractivity (Wildman–Crippen MR) is 101 cm³/mol. The van der Waals surface area contributed by atoms with Crippen LogP contribution in [0.15, 0.2) is 60.8 Å². The first kappa shape index (κ1) is 17.0. The van der Waals surface area contributed by atoms with E-state index < -0.39 is 0 Å². The van der Waals surface area contributed by atoms with Crippen LogP contribution in [-0.4, -0.2) is 18.0 Å². The zero-order valence-electron chi connectivity index (χ0n) is 14.5. The molecule has 1 N–H and O–H groups in total. The molecular formula is C21H22N2O2. The Morgan fingerprint density at radius 3 is 2.68 bits per heavy atom. The Hall–Kier alpha value is -2.88. The van der Waals surface area contributed by atoms with Gasteiger partial charge in [0.15, 0.2) is 0 Å². The van der Waals surface area contributed by atoms with E-state index in [9.17, 15) is 4.79 Å². The van der Waals surface area contributed by atoms with Crippen LogP contribution >= 0.6 is 0 Å². The number of carbonyl (C=O) groups excluding carboxylic acids is 1. The van der Waals surface area contributed by atoms with Crippen LogP contribution in [0.1, 0.15) is 18.9 Å². The molecule has 2 aromatic carbocycles. The van der Waals surface area contributed by atoms with Gasteiger partial charge in [0, 0.05) is 18.0 Å². The molecule has 0 aliphatic carbocycles. The number of pyridine rings is 1. The monoisotopic (exact) mass is 334 g/mol. The molecule has 1 atom stereocenters. The number of amides is 1. The molecule has 1 aromatic heterocycles. The van der Waals surface area contributed by atoms with Gasteiger partial charge in [-0.2, -0.15) is 0 Å². The van der Waals surface area contributed by atoms with Crippen LogP contribution in [0, 0.1) is 5.92 Å². The van der Waals surface area contributed by atoms with Gasteiger partial charge < -0.3 is 10.1 Å². The largest absolute Gasteiger partial charge is 0.496 e. The first-order valence-corrected chi connectivity index (χ1v) is 8.43. The van der Waals surface area contributed by atoms with Crippen LogP contribution in [0.5, 0.6) is 5.75 Å². The van der Waals surface area contributed by atoms with Crippen molar-refractivity contribution in [3.63, 3.8) is 0 Å². The Bertz CT molecular complexity index is 862. The molecule has 128 valence electrons. The Balaban J connectivity index is 1.70. The van der Waals surface area contributed by atoms with Gasteiger partial charge in [-0.25, -0.2) is 0 Å². The highest BCUT2D eigenvalue weighted by atomic mass is 16.5. The molecule has 25 heavy (non-hydrogen) atoms. The first-order chi connectivity index (χ1) is 12.2. The fraction of sp³-hybridized carbons (Fsp3) is 0.238. The number of methoxy groups -OCH3 is 1. The van der Waals surface area contributed by atoms with E-state index in [1.54, 1.807) is 13.3 Å². The maximum Gasteiger partial charge on any atom is 0.224 e. The van der Waals surface area contributed by atoms with Gasteiger partial charge >= 0.3 is 0 Å². The molecule has 0 aliphatic heterocycles. The van der Waals surface area contributed by atoms with Crippen molar-refractivity contribution in [2.75, 3.05) is 12.4 Å². The SMILES string of the molecule is COc1ccc(NC(=O)C[C@H](C)Cc2ccccc2)c2ncccc12. The minimum absolute atomic E-state index is 0.000510. The summed E-state index contributed by atoms with van der Waals surface area (Å²) in [6, 6.07) is 17.7. The summed E-state index contributed by atoms with van der Waals surface area (Å²) in [6.07, 6.45) is 3.07. The number of fused-ring (bicyclic) bond motifs is 1. The van der Waals surface area contributed by atoms with E-state index >= 15 is 0 Å². The first-order valence-electron chi connectivity index (χ1n) is 8.43. The van der Waals surface area contributed by atoms with Gasteiger partial charge in [-0.1, -0.05) is 37.3 Å². The van der Waals surface area contributed by atoms with Gasteiger partial charge in [0.2, 0.25) is 5.91 Å². The van der Waals surface area contributed by atoms with Gasteiger partial charge in [0.25, 0.3) is 0 Å². The maximum atomic E-state index is 12.4. The predicted octanol–water partition coefficient (Wildman–Crippen LogP) is 4.45. The number of hydrogen-bond acceptors (Lipinski definition) is 3. The smallest absolute Gasteiger partial charge is 0.224 e.